The molecule has 2 rings (SSSR count). The van der Waals surface area contributed by atoms with E-state index in [1.165, 1.54) is 0 Å². The van der Waals surface area contributed by atoms with Crippen molar-refractivity contribution in [1.29, 1.82) is 0 Å². The minimum atomic E-state index is -0.917. The average Bonchev–Trinajstić information content (AvgIpc) is 2.88. The van der Waals surface area contributed by atoms with Crippen molar-refractivity contribution in [3.8, 4) is 0 Å². The zero-order chi connectivity index (χ0) is 18.1. The smallest absolute Gasteiger partial charge is 0.146 e. The third-order valence-corrected chi connectivity index (χ3v) is 6.74. The average molecular weight is 334 g/mol. The van der Waals surface area contributed by atoms with Gasteiger partial charge in [-0.2, -0.15) is 0 Å². The number of allylic oxidation sites excluding steroid dienone is 1. The SMILES string of the molecule is C=C(C)[C@H](O)CC[C@@H](C)[C@@H]1CC[C@@]2(C)[C@@H](O)CC=C(C=O)[C@@]12C=O. The first-order valence-electron chi connectivity index (χ1n) is 8.88. The van der Waals surface area contributed by atoms with Gasteiger partial charge >= 0.3 is 0 Å². The molecule has 134 valence electrons. The van der Waals surface area contributed by atoms with Crippen LogP contribution < -0.4 is 0 Å². The number of rotatable bonds is 7. The monoisotopic (exact) mass is 334 g/mol. The summed E-state index contributed by atoms with van der Waals surface area (Å²) in [6, 6.07) is 0. The number of aliphatic hydroxyl groups excluding tert-OH is 2. The van der Waals surface area contributed by atoms with E-state index in [9.17, 15) is 19.8 Å². The topological polar surface area (TPSA) is 74.6 Å². The summed E-state index contributed by atoms with van der Waals surface area (Å²) in [6.07, 6.45) is 5.63. The number of carbonyl (C=O) groups excluding carboxylic acids is 2. The highest BCUT2D eigenvalue weighted by Gasteiger charge is 2.64. The summed E-state index contributed by atoms with van der Waals surface area (Å²) in [5, 5.41) is 20.6. The molecule has 2 aliphatic carbocycles. The second-order valence-corrected chi connectivity index (χ2v) is 8.00. The number of carbonyl (C=O) groups is 2. The highest BCUT2D eigenvalue weighted by Crippen LogP contribution is 2.64. The third kappa shape index (κ3) is 2.70. The fraction of sp³-hybridized carbons (Fsp3) is 0.700. The summed E-state index contributed by atoms with van der Waals surface area (Å²) < 4.78 is 0. The van der Waals surface area contributed by atoms with E-state index in [0.29, 0.717) is 18.4 Å². The van der Waals surface area contributed by atoms with Gasteiger partial charge in [0.25, 0.3) is 0 Å². The summed E-state index contributed by atoms with van der Waals surface area (Å²) in [4.78, 5) is 23.9. The van der Waals surface area contributed by atoms with Crippen LogP contribution in [-0.2, 0) is 9.59 Å². The Bertz CT molecular complexity index is 552. The minimum absolute atomic E-state index is 0.00345. The number of aldehydes is 2. The lowest BCUT2D eigenvalue weighted by Gasteiger charge is -2.50. The van der Waals surface area contributed by atoms with Crippen LogP contribution in [0.4, 0.5) is 0 Å². The van der Waals surface area contributed by atoms with Crippen molar-refractivity contribution in [3.63, 3.8) is 0 Å². The fourth-order valence-electron chi connectivity index (χ4n) is 5.00. The minimum Gasteiger partial charge on any atom is -0.392 e. The Hall–Kier alpha value is -1.26. The Labute approximate surface area is 144 Å². The second-order valence-electron chi connectivity index (χ2n) is 8.00. The van der Waals surface area contributed by atoms with E-state index >= 15 is 0 Å². The first-order chi connectivity index (χ1) is 11.2. The van der Waals surface area contributed by atoms with Crippen molar-refractivity contribution in [1.82, 2.24) is 0 Å². The lowest BCUT2D eigenvalue weighted by molar-refractivity contribution is -0.133. The number of hydrogen-bond acceptors (Lipinski definition) is 4. The van der Waals surface area contributed by atoms with Crippen molar-refractivity contribution in [2.75, 3.05) is 0 Å². The van der Waals surface area contributed by atoms with E-state index in [2.05, 4.69) is 13.5 Å². The van der Waals surface area contributed by atoms with E-state index in [1.807, 2.05) is 6.92 Å². The van der Waals surface area contributed by atoms with E-state index in [-0.39, 0.29) is 11.8 Å². The summed E-state index contributed by atoms with van der Waals surface area (Å²) in [5.41, 5.74) is -0.240. The van der Waals surface area contributed by atoms with Crippen LogP contribution in [0.25, 0.3) is 0 Å². The highest BCUT2D eigenvalue weighted by molar-refractivity contribution is 5.86. The van der Waals surface area contributed by atoms with Crippen LogP contribution in [0.15, 0.2) is 23.8 Å². The van der Waals surface area contributed by atoms with Gasteiger partial charge in [-0.25, -0.2) is 0 Å². The Kier molecular flexibility index (Phi) is 5.50. The van der Waals surface area contributed by atoms with Gasteiger partial charge in [-0.3, -0.25) is 4.79 Å². The van der Waals surface area contributed by atoms with Gasteiger partial charge in [0.05, 0.1) is 17.6 Å². The molecule has 0 amide bonds. The van der Waals surface area contributed by atoms with Crippen LogP contribution in [0.2, 0.25) is 0 Å². The molecule has 1 saturated carbocycles. The first-order valence-corrected chi connectivity index (χ1v) is 8.88. The van der Waals surface area contributed by atoms with Gasteiger partial charge in [-0.1, -0.05) is 32.1 Å². The molecule has 0 spiro atoms. The summed E-state index contributed by atoms with van der Waals surface area (Å²) in [5.74, 6) is 0.170. The van der Waals surface area contributed by atoms with Crippen molar-refractivity contribution in [2.45, 2.75) is 65.1 Å². The largest absolute Gasteiger partial charge is 0.392 e. The predicted molar refractivity (Wildman–Crippen MR) is 93.3 cm³/mol. The first kappa shape index (κ1) is 19.1. The lowest BCUT2D eigenvalue weighted by atomic mass is 9.53. The molecule has 0 heterocycles. The zero-order valence-corrected chi connectivity index (χ0v) is 15.0. The fourth-order valence-corrected chi connectivity index (χ4v) is 5.00. The van der Waals surface area contributed by atoms with Gasteiger partial charge < -0.3 is 15.0 Å². The maximum Gasteiger partial charge on any atom is 0.146 e. The summed E-state index contributed by atoms with van der Waals surface area (Å²) in [7, 11) is 0. The number of aliphatic hydroxyl groups is 2. The quantitative estimate of drug-likeness (QED) is 0.554. The lowest BCUT2D eigenvalue weighted by Crippen LogP contribution is -2.53. The molecule has 4 nitrogen and oxygen atoms in total. The van der Waals surface area contributed by atoms with E-state index in [0.717, 1.165) is 37.4 Å². The normalized spacial score (nSPS) is 38.0. The van der Waals surface area contributed by atoms with E-state index < -0.39 is 23.0 Å². The second kappa shape index (κ2) is 6.93. The Balaban J connectivity index is 2.32. The summed E-state index contributed by atoms with van der Waals surface area (Å²) >= 11 is 0. The van der Waals surface area contributed by atoms with Crippen LogP contribution >= 0.6 is 0 Å². The molecule has 0 aromatic carbocycles. The van der Waals surface area contributed by atoms with Crippen LogP contribution in [0, 0.1) is 22.7 Å². The van der Waals surface area contributed by atoms with Gasteiger partial charge in [0.15, 0.2) is 0 Å². The molecular weight excluding hydrogens is 304 g/mol. The van der Waals surface area contributed by atoms with E-state index in [4.69, 9.17) is 0 Å². The maximum atomic E-state index is 12.3. The predicted octanol–water partition coefficient (Wildman–Crippen LogP) is 2.83. The standard InChI is InChI=1S/C20H30O4/c1-13(2)17(23)7-5-14(3)16-9-10-19(4)18(24)8-6-15(11-21)20(16,19)12-22/h6,11-12,14,16-18,23-24H,1,5,7-10H2,2-4H3/t14-,16+,17-,18+,19+,20+/m1/s1. The van der Waals surface area contributed by atoms with Crippen molar-refractivity contribution >= 4 is 12.6 Å². The molecule has 0 aromatic heterocycles. The summed E-state index contributed by atoms with van der Waals surface area (Å²) in [6.45, 7) is 9.60. The van der Waals surface area contributed by atoms with E-state index in [1.54, 1.807) is 13.0 Å². The Morgan fingerprint density at radius 3 is 2.67 bits per heavy atom. The molecule has 1 fully saturated rings. The van der Waals surface area contributed by atoms with Crippen molar-refractivity contribution < 1.29 is 19.8 Å². The highest BCUT2D eigenvalue weighted by atomic mass is 16.3. The van der Waals surface area contributed by atoms with Crippen LogP contribution in [-0.4, -0.2) is 35.0 Å². The van der Waals surface area contributed by atoms with Gasteiger partial charge in [0.1, 0.15) is 12.6 Å². The van der Waals surface area contributed by atoms with Gasteiger partial charge in [0, 0.05) is 11.0 Å². The Morgan fingerprint density at radius 2 is 2.12 bits per heavy atom. The van der Waals surface area contributed by atoms with Crippen LogP contribution in [0.5, 0.6) is 0 Å². The maximum absolute atomic E-state index is 12.3. The van der Waals surface area contributed by atoms with Crippen molar-refractivity contribution in [2.24, 2.45) is 22.7 Å². The molecule has 2 N–H and O–H groups in total. The van der Waals surface area contributed by atoms with Crippen LogP contribution in [0.3, 0.4) is 0 Å². The van der Waals surface area contributed by atoms with Gasteiger partial charge in [0.2, 0.25) is 0 Å². The molecule has 0 radical (unpaired) electrons. The van der Waals surface area contributed by atoms with Crippen molar-refractivity contribution in [3.05, 3.63) is 23.8 Å². The molecular formula is C20H30O4. The molecule has 0 saturated heterocycles. The molecule has 24 heavy (non-hydrogen) atoms. The zero-order valence-electron chi connectivity index (χ0n) is 15.0. The molecule has 0 aliphatic heterocycles. The number of fused-ring (bicyclic) bond motifs is 1. The van der Waals surface area contributed by atoms with Crippen LogP contribution in [0.1, 0.15) is 52.9 Å². The molecule has 0 aromatic rings. The number of hydrogen-bond donors (Lipinski definition) is 2. The molecule has 0 bridgehead atoms. The third-order valence-electron chi connectivity index (χ3n) is 6.74. The molecule has 6 atom stereocenters. The molecule has 0 unspecified atom stereocenters. The van der Waals surface area contributed by atoms with Gasteiger partial charge in [-0.05, 0) is 50.9 Å². The molecule has 2 aliphatic rings. The van der Waals surface area contributed by atoms with Gasteiger partial charge in [-0.15, -0.1) is 0 Å². The Morgan fingerprint density at radius 1 is 1.46 bits per heavy atom. The molecule has 4 heteroatoms.